The van der Waals surface area contributed by atoms with E-state index >= 15 is 0 Å². The summed E-state index contributed by atoms with van der Waals surface area (Å²) in [6, 6.07) is 0. The number of hydrogen-bond acceptors (Lipinski definition) is 1. The molecule has 0 unspecified atom stereocenters. The van der Waals surface area contributed by atoms with Crippen LogP contribution in [0.5, 0.6) is 0 Å². The number of hydrogen-bond donors (Lipinski definition) is 1. The van der Waals surface area contributed by atoms with Crippen molar-refractivity contribution < 1.29 is 9.90 Å². The standard InChI is InChI=1S/C29H34O2/c1-26(2,3)21-14-19-10-11-20-15-22(27(4,5)6)17-24-18(9-12-25(30)31)13-23(16-21)28(19,7)29(20,24)8/h9-17H,1-8H3,(H,30,31)/b12-9+/t28-,29-/m0/s1. The van der Waals surface area contributed by atoms with Gasteiger partial charge in [0.25, 0.3) is 0 Å². The number of carbonyl (C=O) groups is 1. The van der Waals surface area contributed by atoms with E-state index in [-0.39, 0.29) is 21.7 Å². The maximum atomic E-state index is 11.4. The van der Waals surface area contributed by atoms with Crippen LogP contribution in [0.25, 0.3) is 0 Å². The molecule has 2 atom stereocenters. The van der Waals surface area contributed by atoms with Crippen molar-refractivity contribution in [3.05, 3.63) is 93.7 Å². The van der Waals surface area contributed by atoms with Gasteiger partial charge in [0.05, 0.1) is 0 Å². The molecule has 0 saturated heterocycles. The van der Waals surface area contributed by atoms with Crippen LogP contribution in [0.2, 0.25) is 0 Å². The molecule has 0 spiro atoms. The number of carboxylic acids is 1. The summed E-state index contributed by atoms with van der Waals surface area (Å²) in [7, 11) is 0. The zero-order valence-corrected chi connectivity index (χ0v) is 20.1. The SMILES string of the molecule is CC(C)(C)C1=CC2=CC(/C=C/C(=O)O)=C3C=C(C(C)(C)C)C=C4C=CC(=C1)[C@]2(C)[C@@]43C. The predicted octanol–water partition coefficient (Wildman–Crippen LogP) is 7.27. The second kappa shape index (κ2) is 6.45. The summed E-state index contributed by atoms with van der Waals surface area (Å²) in [5.41, 5.74) is 8.25. The first-order chi connectivity index (χ1) is 14.2. The highest BCUT2D eigenvalue weighted by molar-refractivity contribution is 5.81. The van der Waals surface area contributed by atoms with E-state index in [1.807, 2.05) is 0 Å². The summed E-state index contributed by atoms with van der Waals surface area (Å²) in [5.74, 6) is -0.921. The van der Waals surface area contributed by atoms with Crippen LogP contribution in [0.4, 0.5) is 0 Å². The Balaban J connectivity index is 2.09. The summed E-state index contributed by atoms with van der Waals surface area (Å²) in [5, 5.41) is 9.33. The van der Waals surface area contributed by atoms with Crippen molar-refractivity contribution in [2.75, 3.05) is 0 Å². The fraction of sp³-hybridized carbons (Fsp3) is 0.414. The van der Waals surface area contributed by atoms with Crippen molar-refractivity contribution in [3.8, 4) is 0 Å². The average Bonchev–Trinajstić information content (AvgIpc) is 2.63. The molecule has 2 heteroatoms. The fourth-order valence-corrected chi connectivity index (χ4v) is 5.35. The zero-order chi connectivity index (χ0) is 23.0. The Bertz CT molecular complexity index is 1130. The molecule has 2 nitrogen and oxygen atoms in total. The van der Waals surface area contributed by atoms with Crippen LogP contribution in [0.1, 0.15) is 55.4 Å². The molecule has 4 aliphatic rings. The van der Waals surface area contributed by atoms with Crippen molar-refractivity contribution in [2.24, 2.45) is 21.7 Å². The third-order valence-corrected chi connectivity index (χ3v) is 7.71. The van der Waals surface area contributed by atoms with Crippen LogP contribution in [-0.2, 0) is 4.79 Å². The molecule has 4 rings (SSSR count). The molecule has 0 fully saturated rings. The molecule has 0 aromatic carbocycles. The Morgan fingerprint density at radius 2 is 1.29 bits per heavy atom. The lowest BCUT2D eigenvalue weighted by Crippen LogP contribution is -2.48. The highest BCUT2D eigenvalue weighted by Crippen LogP contribution is 2.67. The quantitative estimate of drug-likeness (QED) is 0.482. The van der Waals surface area contributed by atoms with Crippen LogP contribution in [-0.4, -0.2) is 11.1 Å². The van der Waals surface area contributed by atoms with E-state index in [0.717, 1.165) is 5.57 Å². The second-order valence-corrected chi connectivity index (χ2v) is 11.6. The third kappa shape index (κ3) is 3.03. The van der Waals surface area contributed by atoms with Gasteiger partial charge in [0.1, 0.15) is 0 Å². The van der Waals surface area contributed by atoms with Crippen molar-refractivity contribution in [1.29, 1.82) is 0 Å². The summed E-state index contributed by atoms with van der Waals surface area (Å²) < 4.78 is 0. The minimum atomic E-state index is -0.921. The van der Waals surface area contributed by atoms with Crippen molar-refractivity contribution in [3.63, 3.8) is 0 Å². The van der Waals surface area contributed by atoms with E-state index in [4.69, 9.17) is 0 Å². The van der Waals surface area contributed by atoms with Gasteiger partial charge < -0.3 is 5.11 Å². The van der Waals surface area contributed by atoms with E-state index < -0.39 is 5.97 Å². The summed E-state index contributed by atoms with van der Waals surface area (Å²) in [4.78, 5) is 11.4. The molecule has 1 N–H and O–H groups in total. The topological polar surface area (TPSA) is 37.3 Å². The normalized spacial score (nSPS) is 29.7. The lowest BCUT2D eigenvalue weighted by molar-refractivity contribution is -0.131. The monoisotopic (exact) mass is 414 g/mol. The smallest absolute Gasteiger partial charge is 0.328 e. The minimum absolute atomic E-state index is 0.00365. The van der Waals surface area contributed by atoms with E-state index in [9.17, 15) is 9.90 Å². The highest BCUT2D eigenvalue weighted by atomic mass is 16.4. The van der Waals surface area contributed by atoms with Crippen LogP contribution < -0.4 is 0 Å². The molecule has 0 aromatic rings. The van der Waals surface area contributed by atoms with E-state index in [1.54, 1.807) is 6.08 Å². The Morgan fingerprint density at radius 1 is 0.774 bits per heavy atom. The Hall–Kier alpha value is -2.61. The van der Waals surface area contributed by atoms with E-state index in [0.29, 0.717) is 0 Å². The first-order valence-electron chi connectivity index (χ1n) is 11.1. The van der Waals surface area contributed by atoms with Gasteiger partial charge in [-0.25, -0.2) is 4.79 Å². The molecule has 0 aromatic heterocycles. The molecule has 31 heavy (non-hydrogen) atoms. The second-order valence-electron chi connectivity index (χ2n) is 11.6. The van der Waals surface area contributed by atoms with E-state index in [2.05, 4.69) is 97.9 Å². The van der Waals surface area contributed by atoms with Crippen molar-refractivity contribution in [2.45, 2.75) is 55.4 Å². The molecule has 0 bridgehead atoms. The van der Waals surface area contributed by atoms with Crippen molar-refractivity contribution >= 4 is 5.97 Å². The van der Waals surface area contributed by atoms with Gasteiger partial charge >= 0.3 is 5.97 Å². The van der Waals surface area contributed by atoms with E-state index in [1.165, 1.54) is 39.5 Å². The third-order valence-electron chi connectivity index (χ3n) is 7.71. The Morgan fingerprint density at radius 3 is 1.81 bits per heavy atom. The fourth-order valence-electron chi connectivity index (χ4n) is 5.35. The molecular weight excluding hydrogens is 380 g/mol. The summed E-state index contributed by atoms with van der Waals surface area (Å²) in [6.07, 6.45) is 19.2. The lowest BCUT2D eigenvalue weighted by Gasteiger charge is -2.58. The van der Waals surface area contributed by atoms with Gasteiger partial charge in [-0.05, 0) is 55.9 Å². The molecule has 0 radical (unpaired) electrons. The van der Waals surface area contributed by atoms with Gasteiger partial charge in [0.2, 0.25) is 0 Å². The first kappa shape index (κ1) is 21.6. The Kier molecular flexibility index (Phi) is 4.50. The Labute approximate surface area is 186 Å². The highest BCUT2D eigenvalue weighted by Gasteiger charge is 2.57. The summed E-state index contributed by atoms with van der Waals surface area (Å²) >= 11 is 0. The predicted molar refractivity (Wildman–Crippen MR) is 128 cm³/mol. The average molecular weight is 415 g/mol. The van der Waals surface area contributed by atoms with Crippen LogP contribution in [0, 0.1) is 21.7 Å². The minimum Gasteiger partial charge on any atom is -0.478 e. The molecule has 0 heterocycles. The maximum absolute atomic E-state index is 11.4. The summed E-state index contributed by atoms with van der Waals surface area (Å²) in [6.45, 7) is 18.1. The molecule has 0 amide bonds. The van der Waals surface area contributed by atoms with Gasteiger partial charge in [-0.2, -0.15) is 0 Å². The molecule has 162 valence electrons. The number of aliphatic carboxylic acids is 1. The van der Waals surface area contributed by atoms with Crippen LogP contribution in [0.15, 0.2) is 93.7 Å². The van der Waals surface area contributed by atoms with Gasteiger partial charge in [0.15, 0.2) is 0 Å². The van der Waals surface area contributed by atoms with Crippen molar-refractivity contribution in [1.82, 2.24) is 0 Å². The first-order valence-corrected chi connectivity index (χ1v) is 11.1. The van der Waals surface area contributed by atoms with Gasteiger partial charge in [-0.1, -0.05) is 97.9 Å². The van der Waals surface area contributed by atoms with Gasteiger partial charge in [-0.15, -0.1) is 0 Å². The number of rotatable bonds is 2. The largest absolute Gasteiger partial charge is 0.478 e. The lowest BCUT2D eigenvalue weighted by atomic mass is 9.45. The number of allylic oxidation sites excluding steroid dienone is 15. The van der Waals surface area contributed by atoms with Crippen LogP contribution >= 0.6 is 0 Å². The maximum Gasteiger partial charge on any atom is 0.328 e. The molecule has 0 aliphatic heterocycles. The van der Waals surface area contributed by atoms with Crippen LogP contribution in [0.3, 0.4) is 0 Å². The molecule has 0 saturated carbocycles. The number of carboxylic acid groups (broad SMARTS) is 1. The zero-order valence-electron chi connectivity index (χ0n) is 20.1. The van der Waals surface area contributed by atoms with Gasteiger partial charge in [0, 0.05) is 16.9 Å². The molecule has 4 aliphatic carbocycles. The van der Waals surface area contributed by atoms with Gasteiger partial charge in [-0.3, -0.25) is 0 Å². The molecular formula is C29H34O2.